The van der Waals surface area contributed by atoms with Crippen LogP contribution in [0.1, 0.15) is 29.1 Å². The second kappa shape index (κ2) is 9.98. The number of ether oxygens (including phenoxy) is 1. The lowest BCUT2D eigenvalue weighted by molar-refractivity contribution is -0.126. The SMILES string of the molecule is Cc1nc(CN2CCC(C(=O)NCc3ccc(Oc4cccnc4)c(F)c3)CC2)cs1. The molecule has 1 aliphatic heterocycles. The van der Waals surface area contributed by atoms with Crippen molar-refractivity contribution in [2.24, 2.45) is 5.92 Å². The molecule has 0 aliphatic carbocycles. The molecule has 1 aromatic carbocycles. The fourth-order valence-electron chi connectivity index (χ4n) is 3.67. The molecule has 3 heterocycles. The average Bonchev–Trinajstić information content (AvgIpc) is 3.19. The predicted molar refractivity (Wildman–Crippen MR) is 117 cm³/mol. The van der Waals surface area contributed by atoms with Gasteiger partial charge in [0.05, 0.1) is 16.9 Å². The lowest BCUT2D eigenvalue weighted by Gasteiger charge is -2.30. The first-order chi connectivity index (χ1) is 15.1. The normalized spacial score (nSPS) is 15.0. The second-order valence-corrected chi connectivity index (χ2v) is 8.74. The van der Waals surface area contributed by atoms with Gasteiger partial charge in [-0.2, -0.15) is 0 Å². The highest BCUT2D eigenvalue weighted by Gasteiger charge is 2.25. The molecule has 1 amide bonds. The van der Waals surface area contributed by atoms with E-state index in [1.807, 2.05) is 6.92 Å². The first-order valence-electron chi connectivity index (χ1n) is 10.3. The summed E-state index contributed by atoms with van der Waals surface area (Å²) in [6, 6.07) is 8.16. The average molecular weight is 441 g/mol. The van der Waals surface area contributed by atoms with Gasteiger partial charge < -0.3 is 10.1 Å². The van der Waals surface area contributed by atoms with E-state index in [-0.39, 0.29) is 17.6 Å². The van der Waals surface area contributed by atoms with Crippen LogP contribution in [0.3, 0.4) is 0 Å². The Morgan fingerprint density at radius 3 is 2.84 bits per heavy atom. The summed E-state index contributed by atoms with van der Waals surface area (Å²) in [5, 5.41) is 6.13. The molecule has 2 aromatic heterocycles. The van der Waals surface area contributed by atoms with Gasteiger partial charge in [-0.05, 0) is 62.7 Å². The van der Waals surface area contributed by atoms with Crippen LogP contribution in [0.2, 0.25) is 0 Å². The summed E-state index contributed by atoms with van der Waals surface area (Å²) in [6.07, 6.45) is 4.79. The number of likely N-dealkylation sites (tertiary alicyclic amines) is 1. The molecule has 6 nitrogen and oxygen atoms in total. The van der Waals surface area contributed by atoms with Gasteiger partial charge in [0.2, 0.25) is 5.91 Å². The van der Waals surface area contributed by atoms with Crippen LogP contribution < -0.4 is 10.1 Å². The molecular formula is C23H25FN4O2S. The summed E-state index contributed by atoms with van der Waals surface area (Å²) < 4.78 is 19.9. The number of carbonyl (C=O) groups excluding carboxylic acids is 1. The largest absolute Gasteiger partial charge is 0.453 e. The summed E-state index contributed by atoms with van der Waals surface area (Å²) >= 11 is 1.67. The number of halogens is 1. The third-order valence-electron chi connectivity index (χ3n) is 5.34. The molecule has 0 radical (unpaired) electrons. The molecule has 8 heteroatoms. The summed E-state index contributed by atoms with van der Waals surface area (Å²) in [4.78, 5) is 23.4. The fourth-order valence-corrected chi connectivity index (χ4v) is 4.27. The van der Waals surface area contributed by atoms with Gasteiger partial charge in [0.25, 0.3) is 0 Å². The Morgan fingerprint density at radius 1 is 1.32 bits per heavy atom. The van der Waals surface area contributed by atoms with Crippen molar-refractivity contribution in [3.8, 4) is 11.5 Å². The van der Waals surface area contributed by atoms with Gasteiger partial charge in [-0.25, -0.2) is 9.37 Å². The van der Waals surface area contributed by atoms with Gasteiger partial charge in [-0.3, -0.25) is 14.7 Å². The van der Waals surface area contributed by atoms with Crippen LogP contribution in [0.25, 0.3) is 0 Å². The smallest absolute Gasteiger partial charge is 0.223 e. The van der Waals surface area contributed by atoms with Crippen molar-refractivity contribution in [3.05, 3.63) is 70.2 Å². The molecule has 0 atom stereocenters. The van der Waals surface area contributed by atoms with Gasteiger partial charge >= 0.3 is 0 Å². The van der Waals surface area contributed by atoms with E-state index in [0.29, 0.717) is 17.9 Å². The molecule has 0 bridgehead atoms. The Morgan fingerprint density at radius 2 is 2.16 bits per heavy atom. The summed E-state index contributed by atoms with van der Waals surface area (Å²) in [5.41, 5.74) is 1.80. The summed E-state index contributed by atoms with van der Waals surface area (Å²) in [7, 11) is 0. The maximum absolute atomic E-state index is 14.4. The molecular weight excluding hydrogens is 415 g/mol. The fraction of sp³-hybridized carbons (Fsp3) is 0.348. The van der Waals surface area contributed by atoms with Crippen molar-refractivity contribution in [2.75, 3.05) is 13.1 Å². The number of carbonyl (C=O) groups is 1. The third-order valence-corrected chi connectivity index (χ3v) is 6.16. The first-order valence-corrected chi connectivity index (χ1v) is 11.2. The van der Waals surface area contributed by atoms with Crippen molar-refractivity contribution in [1.29, 1.82) is 0 Å². The molecule has 1 saturated heterocycles. The van der Waals surface area contributed by atoms with Crippen molar-refractivity contribution in [2.45, 2.75) is 32.9 Å². The molecule has 1 N–H and O–H groups in total. The van der Waals surface area contributed by atoms with E-state index in [0.717, 1.165) is 43.2 Å². The van der Waals surface area contributed by atoms with Crippen molar-refractivity contribution in [1.82, 2.24) is 20.2 Å². The number of aromatic nitrogens is 2. The van der Waals surface area contributed by atoms with Crippen molar-refractivity contribution < 1.29 is 13.9 Å². The van der Waals surface area contributed by atoms with Crippen LogP contribution in [0.5, 0.6) is 11.5 Å². The standard InChI is InChI=1S/C23H25FN4O2S/c1-16-27-19(15-31-16)14-28-9-6-18(7-10-28)23(29)26-12-17-4-5-22(21(24)11-17)30-20-3-2-8-25-13-20/h2-5,8,11,13,15,18H,6-7,9-10,12,14H2,1H3,(H,26,29). The number of hydrogen-bond donors (Lipinski definition) is 1. The topological polar surface area (TPSA) is 67.4 Å². The van der Waals surface area contributed by atoms with Crippen LogP contribution in [0, 0.1) is 18.7 Å². The maximum atomic E-state index is 14.4. The van der Waals surface area contributed by atoms with E-state index < -0.39 is 5.82 Å². The third kappa shape index (κ3) is 5.86. The van der Waals surface area contributed by atoms with Gasteiger partial charge in [-0.15, -0.1) is 11.3 Å². The zero-order valence-corrected chi connectivity index (χ0v) is 18.2. The zero-order chi connectivity index (χ0) is 21.6. The molecule has 1 fully saturated rings. The predicted octanol–water partition coefficient (Wildman–Crippen LogP) is 4.31. The molecule has 0 spiro atoms. The highest BCUT2D eigenvalue weighted by atomic mass is 32.1. The number of thiazole rings is 1. The number of rotatable bonds is 7. The maximum Gasteiger partial charge on any atom is 0.223 e. The Hall–Kier alpha value is -2.84. The number of hydrogen-bond acceptors (Lipinski definition) is 6. The molecule has 4 rings (SSSR count). The minimum absolute atomic E-state index is 0.00791. The van der Waals surface area contributed by atoms with Crippen LogP contribution in [-0.2, 0) is 17.9 Å². The molecule has 162 valence electrons. The number of piperidine rings is 1. The molecule has 0 saturated carbocycles. The number of amides is 1. The molecule has 1 aliphatic rings. The molecule has 31 heavy (non-hydrogen) atoms. The van der Waals surface area contributed by atoms with E-state index in [4.69, 9.17) is 4.74 Å². The van der Waals surface area contributed by atoms with E-state index in [9.17, 15) is 9.18 Å². The van der Waals surface area contributed by atoms with Gasteiger partial charge in [-0.1, -0.05) is 6.07 Å². The van der Waals surface area contributed by atoms with Gasteiger partial charge in [0, 0.05) is 30.6 Å². The van der Waals surface area contributed by atoms with Crippen LogP contribution in [0.15, 0.2) is 48.1 Å². The Labute approximate surface area is 185 Å². The number of nitrogens with zero attached hydrogens (tertiary/aromatic N) is 3. The minimum Gasteiger partial charge on any atom is -0.453 e. The van der Waals surface area contributed by atoms with Gasteiger partial charge in [0.1, 0.15) is 5.75 Å². The first kappa shape index (κ1) is 21.4. The highest BCUT2D eigenvalue weighted by Crippen LogP contribution is 2.25. The van der Waals surface area contributed by atoms with Crippen molar-refractivity contribution >= 4 is 17.2 Å². The highest BCUT2D eigenvalue weighted by molar-refractivity contribution is 7.09. The molecule has 3 aromatic rings. The lowest BCUT2D eigenvalue weighted by Crippen LogP contribution is -2.40. The number of nitrogens with one attached hydrogen (secondary N) is 1. The van der Waals surface area contributed by atoms with Gasteiger partial charge in [0.15, 0.2) is 11.6 Å². The lowest BCUT2D eigenvalue weighted by atomic mass is 9.95. The van der Waals surface area contributed by atoms with Crippen molar-refractivity contribution in [3.63, 3.8) is 0 Å². The Bertz CT molecular complexity index is 1020. The van der Waals surface area contributed by atoms with Crippen LogP contribution >= 0.6 is 11.3 Å². The second-order valence-electron chi connectivity index (χ2n) is 7.68. The number of benzene rings is 1. The number of pyridine rings is 1. The van der Waals surface area contributed by atoms with E-state index >= 15 is 0 Å². The van der Waals surface area contributed by atoms with Crippen LogP contribution in [0.4, 0.5) is 4.39 Å². The Balaban J connectivity index is 1.24. The van der Waals surface area contributed by atoms with Crippen LogP contribution in [-0.4, -0.2) is 33.9 Å². The Kier molecular flexibility index (Phi) is 6.89. The van der Waals surface area contributed by atoms with E-state index in [1.54, 1.807) is 41.8 Å². The zero-order valence-electron chi connectivity index (χ0n) is 17.4. The summed E-state index contributed by atoms with van der Waals surface area (Å²) in [6.45, 7) is 4.90. The number of aryl methyl sites for hydroxylation is 1. The minimum atomic E-state index is -0.471. The van der Waals surface area contributed by atoms with E-state index in [1.165, 1.54) is 12.3 Å². The monoisotopic (exact) mass is 440 g/mol. The summed E-state index contributed by atoms with van der Waals surface area (Å²) in [5.74, 6) is 0.150. The van der Waals surface area contributed by atoms with E-state index in [2.05, 4.69) is 25.6 Å². The quantitative estimate of drug-likeness (QED) is 0.593. The molecule has 0 unspecified atom stereocenters.